The van der Waals surface area contributed by atoms with E-state index in [-0.39, 0.29) is 54.3 Å². The van der Waals surface area contributed by atoms with Crippen LogP contribution in [0.3, 0.4) is 0 Å². The molecule has 0 aliphatic rings. The van der Waals surface area contributed by atoms with Crippen LogP contribution in [-0.4, -0.2) is 88.0 Å². The Bertz CT molecular complexity index is 4250. The Hall–Kier alpha value is -7.62. The van der Waals surface area contributed by atoms with Crippen LogP contribution in [0.1, 0.15) is 59.3 Å². The zero-order valence-corrected chi connectivity index (χ0v) is 53.2. The third-order valence-electron chi connectivity index (χ3n) is 13.9. The van der Waals surface area contributed by atoms with Crippen LogP contribution in [0.15, 0.2) is 168 Å². The Kier molecular flexibility index (Phi) is 20.4. The summed E-state index contributed by atoms with van der Waals surface area (Å²) in [5, 5.41) is 7.95. The number of sulfonamides is 2. The maximum Gasteiger partial charge on any atom is 0.263 e. The number of unbranched alkanes of at least 4 members (excludes halogenated alkanes) is 3. The second-order valence-electron chi connectivity index (χ2n) is 19.8. The molecule has 0 amide bonds. The molecule has 0 unspecified atom stereocenters. The summed E-state index contributed by atoms with van der Waals surface area (Å²) in [6.07, 6.45) is 18.3. The van der Waals surface area contributed by atoms with Crippen LogP contribution in [0.5, 0.6) is 11.5 Å². The van der Waals surface area contributed by atoms with Gasteiger partial charge in [0.15, 0.2) is 11.6 Å². The molecule has 0 fully saturated rings. The Balaban J connectivity index is 0.000000172. The summed E-state index contributed by atoms with van der Waals surface area (Å²) < 4.78 is 117. The summed E-state index contributed by atoms with van der Waals surface area (Å²) >= 11 is 0.883. The van der Waals surface area contributed by atoms with E-state index in [4.69, 9.17) is 14.5 Å². The normalized spacial score (nSPS) is 11.7. The molecule has 0 saturated heterocycles. The van der Waals surface area contributed by atoms with E-state index < -0.39 is 61.2 Å². The molecular formula is C58H63BrF2N10O10S2Sn. The number of benzene rings is 4. The number of imidazole rings is 2. The smallest absolute Gasteiger partial charge is 0.263 e. The molecule has 10 rings (SSSR count). The predicted octanol–water partition coefficient (Wildman–Crippen LogP) is 11.5. The second-order valence-corrected chi connectivity index (χ2v) is 37.1. The molecule has 0 spiro atoms. The molecule has 0 radical (unpaired) electrons. The van der Waals surface area contributed by atoms with Gasteiger partial charge in [-0.15, -0.1) is 0 Å². The summed E-state index contributed by atoms with van der Waals surface area (Å²) in [5.41, 5.74) is 0.836. The van der Waals surface area contributed by atoms with Gasteiger partial charge in [-0.2, -0.15) is 0 Å². The largest absolute Gasteiger partial charge is 0.495 e. The molecule has 442 valence electrons. The number of pyridine rings is 2. The number of hydrogen-bond donors (Lipinski definition) is 2. The zero-order chi connectivity index (χ0) is 60.3. The standard InChI is InChI=1S/C23H18FN5O5S.C19H13BrFN3O5S.C4H5N2.3C4H9.Sn/c1-28-12-18(25-13-28)16-10-21(33-2)20(11-17(16)24)29-19-5-4-15(9-14(19)3-6-23(29)30)35(31,32)27-22-7-8-34-26-22;1-28-17-9-13(20)14(21)10-16(17)24-15-4-3-12(8-11(15)2-5-19(24)25)30(26,27)23-18-6-7-29-22-18;1-6-3-2-5-4-6;3*1-3-4-2;/h3-13H,1-2H3,(H,26,27);2-10H,1H3,(H,22,23);3-4H,1H3;3*1,3-4H2,2H3;. The molecule has 0 aliphatic carbocycles. The van der Waals surface area contributed by atoms with Crippen LogP contribution < -0.4 is 33.7 Å². The summed E-state index contributed by atoms with van der Waals surface area (Å²) in [6, 6.07) is 21.9. The van der Waals surface area contributed by atoms with Gasteiger partial charge in [0.05, 0.1) is 62.9 Å². The number of aryl methyl sites for hydroxylation is 2. The molecule has 26 heteroatoms. The molecule has 0 saturated carbocycles. The summed E-state index contributed by atoms with van der Waals surface area (Å²) in [7, 11) is -1.21. The summed E-state index contributed by atoms with van der Waals surface area (Å²) in [5.74, 6) is -0.600. The van der Waals surface area contributed by atoms with Gasteiger partial charge in [0.2, 0.25) is 0 Å². The van der Waals surface area contributed by atoms with Crippen LogP contribution in [0.4, 0.5) is 20.4 Å². The van der Waals surface area contributed by atoms with Gasteiger partial charge in [0.25, 0.3) is 31.2 Å². The third-order valence-corrected chi connectivity index (χ3v) is 32.3. The molecule has 0 aliphatic heterocycles. The fraction of sp³-hybridized carbons (Fsp3) is 0.276. The summed E-state index contributed by atoms with van der Waals surface area (Å²) in [4.78, 5) is 34.4. The van der Waals surface area contributed by atoms with Gasteiger partial charge < -0.3 is 23.1 Å². The van der Waals surface area contributed by atoms with Gasteiger partial charge in [-0.1, -0.05) is 10.3 Å². The number of fused-ring (bicyclic) bond motifs is 2. The first-order valence-electron chi connectivity index (χ1n) is 26.8. The maximum absolute atomic E-state index is 15.2. The van der Waals surface area contributed by atoms with Crippen molar-refractivity contribution in [2.45, 2.75) is 82.4 Å². The number of rotatable bonds is 21. The van der Waals surface area contributed by atoms with Gasteiger partial charge >= 0.3 is 124 Å². The fourth-order valence-corrected chi connectivity index (χ4v) is 27.5. The molecule has 2 N–H and O–H groups in total. The van der Waals surface area contributed by atoms with Crippen molar-refractivity contribution in [1.82, 2.24) is 38.5 Å². The Morgan fingerprint density at radius 3 is 1.48 bits per heavy atom. The SMILES string of the molecule is CCC[CH2][Sn]([CH2]CCC)([CH2]CCC)[c]1cn(C)cn1.COc1cc(-c2cn(C)cn2)c(F)cc1-n1c(=O)ccc2cc(S(=O)(=O)Nc3ccon3)ccc21.COc1cc(Br)c(F)cc1-n1c(=O)ccc2cc(S(=O)(=O)Nc3ccon3)ccc21. The van der Waals surface area contributed by atoms with Crippen LogP contribution in [0, 0.1) is 11.6 Å². The van der Waals surface area contributed by atoms with Crippen LogP contribution in [0.25, 0.3) is 44.4 Å². The molecule has 20 nitrogen and oxygen atoms in total. The van der Waals surface area contributed by atoms with Crippen molar-refractivity contribution in [1.29, 1.82) is 0 Å². The molecule has 0 bridgehead atoms. The number of halogens is 3. The van der Waals surface area contributed by atoms with Gasteiger partial charge in [0.1, 0.15) is 35.7 Å². The van der Waals surface area contributed by atoms with E-state index >= 15 is 4.39 Å². The van der Waals surface area contributed by atoms with E-state index in [9.17, 15) is 30.8 Å². The Morgan fingerprint density at radius 2 is 1.06 bits per heavy atom. The van der Waals surface area contributed by atoms with E-state index in [1.54, 1.807) is 27.8 Å². The number of aromatic nitrogens is 8. The van der Waals surface area contributed by atoms with Gasteiger partial charge in [-0.25, -0.2) is 30.6 Å². The minimum Gasteiger partial charge on any atom is -0.495 e. The van der Waals surface area contributed by atoms with Crippen LogP contribution in [-0.2, 0) is 34.1 Å². The quantitative estimate of drug-likeness (QED) is 0.0636. The van der Waals surface area contributed by atoms with Crippen molar-refractivity contribution in [2.75, 3.05) is 23.7 Å². The number of nitrogens with zero attached hydrogens (tertiary/aromatic N) is 8. The van der Waals surface area contributed by atoms with E-state index in [2.05, 4.69) is 88.3 Å². The first kappa shape index (κ1) is 62.4. The van der Waals surface area contributed by atoms with Crippen molar-refractivity contribution in [3.8, 4) is 34.1 Å². The molecule has 10 aromatic rings. The molecule has 4 aromatic carbocycles. The van der Waals surface area contributed by atoms with Crippen LogP contribution >= 0.6 is 15.9 Å². The number of hydrogen-bond acceptors (Lipinski definition) is 14. The van der Waals surface area contributed by atoms with E-state index in [1.807, 2.05) is 6.33 Å². The monoisotopic (exact) mass is 1360 g/mol. The minimum absolute atomic E-state index is 0.0308. The number of ether oxygens (including phenoxy) is 2. The Morgan fingerprint density at radius 1 is 0.595 bits per heavy atom. The first-order valence-corrected chi connectivity index (χ1v) is 38.1. The number of anilines is 2. The van der Waals surface area contributed by atoms with Gasteiger partial charge in [-0.05, 0) is 76.6 Å². The molecular weight excluding hydrogens is 1300 g/mol. The average molecular weight is 1360 g/mol. The van der Waals surface area contributed by atoms with Crippen molar-refractivity contribution < 1.29 is 44.1 Å². The van der Waals surface area contributed by atoms with Gasteiger partial charge in [0, 0.05) is 66.0 Å². The predicted molar refractivity (Wildman–Crippen MR) is 324 cm³/mol. The molecule has 6 heterocycles. The van der Waals surface area contributed by atoms with Gasteiger partial charge in [-0.3, -0.25) is 28.2 Å². The molecule has 6 aromatic heterocycles. The van der Waals surface area contributed by atoms with E-state index in [1.165, 1.54) is 185 Å². The minimum atomic E-state index is -3.97. The molecule has 0 atom stereocenters. The van der Waals surface area contributed by atoms with Crippen molar-refractivity contribution >= 4 is 91.5 Å². The average Bonchev–Trinajstić information content (AvgIpc) is 2.88. The Labute approximate surface area is 496 Å². The topological polar surface area (TPSA) is 242 Å². The van der Waals surface area contributed by atoms with Crippen LogP contribution in [0.2, 0.25) is 13.3 Å². The van der Waals surface area contributed by atoms with E-state index in [0.717, 1.165) is 0 Å². The zero-order valence-electron chi connectivity index (χ0n) is 47.2. The second kappa shape index (κ2) is 27.4. The number of methoxy groups -OCH3 is 2. The molecule has 84 heavy (non-hydrogen) atoms. The first-order chi connectivity index (χ1) is 40.2. The summed E-state index contributed by atoms with van der Waals surface area (Å²) in [6.45, 7) is 6.98. The van der Waals surface area contributed by atoms with Crippen molar-refractivity contribution in [3.05, 3.63) is 171 Å². The van der Waals surface area contributed by atoms with Crippen molar-refractivity contribution in [2.24, 2.45) is 14.1 Å². The van der Waals surface area contributed by atoms with Crippen molar-refractivity contribution in [3.63, 3.8) is 0 Å². The fourth-order valence-electron chi connectivity index (χ4n) is 9.68. The van der Waals surface area contributed by atoms with E-state index in [0.29, 0.717) is 27.5 Å². The third kappa shape index (κ3) is 14.3. The maximum atomic E-state index is 15.2. The number of nitrogens with one attached hydrogen (secondary N) is 2.